The van der Waals surface area contributed by atoms with E-state index in [2.05, 4.69) is 35.3 Å². The molecule has 0 aliphatic heterocycles. The van der Waals surface area contributed by atoms with E-state index in [4.69, 9.17) is 17.0 Å². The second-order valence-electron chi connectivity index (χ2n) is 7.28. The smallest absolute Gasteiger partial charge is 0.242 e. The van der Waals surface area contributed by atoms with E-state index in [0.717, 1.165) is 33.4 Å². The summed E-state index contributed by atoms with van der Waals surface area (Å²) in [5.74, 6) is 1.45. The van der Waals surface area contributed by atoms with Gasteiger partial charge in [0.1, 0.15) is 12.3 Å². The summed E-state index contributed by atoms with van der Waals surface area (Å²) in [7, 11) is 1.81. The predicted octanol–water partition coefficient (Wildman–Crippen LogP) is 5.27. The van der Waals surface area contributed by atoms with Crippen LogP contribution in [0.2, 0.25) is 0 Å². The minimum absolute atomic E-state index is 0.0512. The third kappa shape index (κ3) is 4.55. The number of likely N-dealkylation sites (N-methyl/N-ethyl adjacent to an activating group) is 1. The first-order chi connectivity index (χ1) is 15.1. The highest BCUT2D eigenvalue weighted by atomic mass is 32.1. The van der Waals surface area contributed by atoms with Crippen LogP contribution in [0.4, 0.5) is 0 Å². The monoisotopic (exact) mass is 452 g/mol. The number of H-pyrrole nitrogens is 1. The second kappa shape index (κ2) is 9.45. The van der Waals surface area contributed by atoms with Gasteiger partial charge in [0.2, 0.25) is 5.91 Å². The Morgan fingerprint density at radius 3 is 2.84 bits per heavy atom. The molecular weight excluding hydrogens is 428 g/mol. The largest absolute Gasteiger partial charge is 0.493 e. The second-order valence-corrected chi connectivity index (χ2v) is 8.61. The number of ether oxygens (including phenoxy) is 1. The van der Waals surface area contributed by atoms with E-state index in [1.165, 1.54) is 0 Å². The number of hydrogen-bond donors (Lipinski definition) is 1. The Bertz CT molecular complexity index is 1240. The number of amides is 1. The highest BCUT2D eigenvalue weighted by molar-refractivity contribution is 7.71. The van der Waals surface area contributed by atoms with Crippen LogP contribution in [-0.2, 0) is 17.9 Å². The first-order valence-corrected chi connectivity index (χ1v) is 11.4. The van der Waals surface area contributed by atoms with Crippen LogP contribution >= 0.6 is 23.6 Å². The lowest BCUT2D eigenvalue weighted by molar-refractivity contribution is -0.131. The summed E-state index contributed by atoms with van der Waals surface area (Å²) in [6.45, 7) is 3.28. The molecule has 6 nitrogen and oxygen atoms in total. The van der Waals surface area contributed by atoms with Gasteiger partial charge in [0.05, 0.1) is 11.5 Å². The van der Waals surface area contributed by atoms with E-state index < -0.39 is 0 Å². The number of nitrogens with one attached hydrogen (secondary N) is 1. The number of aromatic nitrogens is 3. The van der Waals surface area contributed by atoms with Crippen molar-refractivity contribution in [2.75, 3.05) is 13.7 Å². The fourth-order valence-corrected chi connectivity index (χ4v) is 4.38. The van der Waals surface area contributed by atoms with Gasteiger partial charge in [0.25, 0.3) is 0 Å². The molecule has 2 aromatic carbocycles. The molecule has 0 saturated carbocycles. The SMILES string of the molecule is CCCOc1ccc2ccccc2c1CN(C)C(=O)Cn1c(-c2cccs2)n[nH]c1=S. The zero-order valence-electron chi connectivity index (χ0n) is 17.5. The van der Waals surface area contributed by atoms with E-state index >= 15 is 0 Å². The Hall–Kier alpha value is -2.97. The first-order valence-electron chi connectivity index (χ1n) is 10.1. The van der Waals surface area contributed by atoms with Gasteiger partial charge in [-0.1, -0.05) is 43.3 Å². The third-order valence-corrected chi connectivity index (χ3v) is 6.25. The van der Waals surface area contributed by atoms with Crippen molar-refractivity contribution in [3.8, 4) is 16.5 Å². The van der Waals surface area contributed by atoms with Gasteiger partial charge in [-0.2, -0.15) is 5.10 Å². The van der Waals surface area contributed by atoms with Gasteiger partial charge < -0.3 is 9.64 Å². The standard InChI is InChI=1S/C23H24N4O2S2/c1-3-12-29-19-11-10-16-7-4-5-8-17(16)18(19)14-26(2)21(28)15-27-22(24-25-23(27)30)20-9-6-13-31-20/h4-11,13H,3,12,14-15H2,1-2H3,(H,25,30). The molecule has 0 saturated heterocycles. The molecule has 0 radical (unpaired) electrons. The van der Waals surface area contributed by atoms with Crippen LogP contribution in [-0.4, -0.2) is 39.2 Å². The molecular formula is C23H24N4O2S2. The maximum absolute atomic E-state index is 13.1. The number of rotatable bonds is 8. The van der Waals surface area contributed by atoms with Crippen LogP contribution in [0, 0.1) is 4.77 Å². The summed E-state index contributed by atoms with van der Waals surface area (Å²) in [5, 5.41) is 11.3. The number of nitrogens with zero attached hydrogens (tertiary/aromatic N) is 3. The van der Waals surface area contributed by atoms with E-state index in [1.807, 2.05) is 42.8 Å². The van der Waals surface area contributed by atoms with Crippen molar-refractivity contribution in [3.63, 3.8) is 0 Å². The Morgan fingerprint density at radius 2 is 2.06 bits per heavy atom. The van der Waals surface area contributed by atoms with Gasteiger partial charge in [-0.15, -0.1) is 11.3 Å². The molecule has 4 aromatic rings. The predicted molar refractivity (Wildman–Crippen MR) is 127 cm³/mol. The molecule has 0 atom stereocenters. The maximum atomic E-state index is 13.1. The van der Waals surface area contributed by atoms with Crippen molar-refractivity contribution in [2.24, 2.45) is 0 Å². The minimum Gasteiger partial charge on any atom is -0.493 e. The molecule has 4 rings (SSSR count). The summed E-state index contributed by atoms with van der Waals surface area (Å²) < 4.78 is 8.17. The zero-order chi connectivity index (χ0) is 21.8. The zero-order valence-corrected chi connectivity index (χ0v) is 19.1. The number of fused-ring (bicyclic) bond motifs is 1. The van der Waals surface area contributed by atoms with Crippen molar-refractivity contribution in [3.05, 3.63) is 64.2 Å². The van der Waals surface area contributed by atoms with Crippen LogP contribution in [0.5, 0.6) is 5.75 Å². The van der Waals surface area contributed by atoms with Crippen LogP contribution in [0.15, 0.2) is 53.9 Å². The quantitative estimate of drug-likeness (QED) is 0.370. The highest BCUT2D eigenvalue weighted by Crippen LogP contribution is 2.30. The Balaban J connectivity index is 1.60. The number of benzene rings is 2. The normalized spacial score (nSPS) is 11.0. The summed E-state index contributed by atoms with van der Waals surface area (Å²) >= 11 is 6.93. The summed E-state index contributed by atoms with van der Waals surface area (Å²) in [6.07, 6.45) is 0.922. The Morgan fingerprint density at radius 1 is 1.23 bits per heavy atom. The third-order valence-electron chi connectivity index (χ3n) is 5.07. The molecule has 0 bridgehead atoms. The lowest BCUT2D eigenvalue weighted by Gasteiger charge is -2.21. The average Bonchev–Trinajstić information content (AvgIpc) is 3.43. The highest BCUT2D eigenvalue weighted by Gasteiger charge is 2.18. The minimum atomic E-state index is -0.0512. The van der Waals surface area contributed by atoms with E-state index in [-0.39, 0.29) is 12.5 Å². The molecule has 0 unspecified atom stereocenters. The van der Waals surface area contributed by atoms with Crippen LogP contribution in [0.25, 0.3) is 21.5 Å². The van der Waals surface area contributed by atoms with E-state index in [9.17, 15) is 4.79 Å². The lowest BCUT2D eigenvalue weighted by atomic mass is 10.0. The molecule has 0 fully saturated rings. The van der Waals surface area contributed by atoms with Crippen molar-refractivity contribution < 1.29 is 9.53 Å². The maximum Gasteiger partial charge on any atom is 0.242 e. The van der Waals surface area contributed by atoms with Gasteiger partial charge in [-0.25, -0.2) is 0 Å². The fraction of sp³-hybridized carbons (Fsp3) is 0.261. The van der Waals surface area contributed by atoms with Crippen molar-refractivity contribution >= 4 is 40.2 Å². The number of aromatic amines is 1. The van der Waals surface area contributed by atoms with Crippen molar-refractivity contribution in [1.82, 2.24) is 19.7 Å². The number of thiophene rings is 1. The van der Waals surface area contributed by atoms with E-state index in [0.29, 0.717) is 23.7 Å². The molecule has 31 heavy (non-hydrogen) atoms. The van der Waals surface area contributed by atoms with Crippen LogP contribution in [0.3, 0.4) is 0 Å². The van der Waals surface area contributed by atoms with Crippen molar-refractivity contribution in [2.45, 2.75) is 26.4 Å². The molecule has 0 aliphatic rings. The van der Waals surface area contributed by atoms with Crippen molar-refractivity contribution in [1.29, 1.82) is 0 Å². The molecule has 1 amide bonds. The fourth-order valence-electron chi connectivity index (χ4n) is 3.47. The Kier molecular flexibility index (Phi) is 6.48. The number of carbonyl (C=O) groups is 1. The van der Waals surface area contributed by atoms with E-state index in [1.54, 1.807) is 20.8 Å². The number of hydrogen-bond acceptors (Lipinski definition) is 5. The first kappa shape index (κ1) is 21.3. The van der Waals surface area contributed by atoms with Gasteiger partial charge in [0, 0.05) is 19.2 Å². The van der Waals surface area contributed by atoms with Gasteiger partial charge in [0.15, 0.2) is 10.6 Å². The Labute approximate surface area is 190 Å². The molecule has 8 heteroatoms. The molecule has 1 N–H and O–H groups in total. The molecule has 2 heterocycles. The summed E-state index contributed by atoms with van der Waals surface area (Å²) in [6, 6.07) is 16.1. The topological polar surface area (TPSA) is 63.1 Å². The number of carbonyl (C=O) groups excluding carboxylic acids is 1. The van der Waals surface area contributed by atoms with Gasteiger partial charge in [-0.05, 0) is 46.9 Å². The van der Waals surface area contributed by atoms with Gasteiger partial charge in [-0.3, -0.25) is 14.5 Å². The average molecular weight is 453 g/mol. The summed E-state index contributed by atoms with van der Waals surface area (Å²) in [5.41, 5.74) is 1.01. The van der Waals surface area contributed by atoms with Crippen LogP contribution < -0.4 is 4.74 Å². The molecule has 160 valence electrons. The van der Waals surface area contributed by atoms with Gasteiger partial charge >= 0.3 is 0 Å². The van der Waals surface area contributed by atoms with Crippen LogP contribution in [0.1, 0.15) is 18.9 Å². The molecule has 0 aliphatic carbocycles. The lowest BCUT2D eigenvalue weighted by Crippen LogP contribution is -2.30. The molecule has 2 aromatic heterocycles. The summed E-state index contributed by atoms with van der Waals surface area (Å²) in [4.78, 5) is 15.8. The molecule has 0 spiro atoms.